The van der Waals surface area contributed by atoms with Gasteiger partial charge < -0.3 is 10.1 Å². The van der Waals surface area contributed by atoms with Gasteiger partial charge in [-0.2, -0.15) is 0 Å². The number of rotatable bonds is 6. The Balaban J connectivity index is 1.68. The van der Waals surface area contributed by atoms with E-state index in [0.29, 0.717) is 21.7 Å². The van der Waals surface area contributed by atoms with Crippen LogP contribution in [0.15, 0.2) is 76.7 Å². The van der Waals surface area contributed by atoms with E-state index in [1.54, 1.807) is 42.0 Å². The molecule has 6 nitrogen and oxygen atoms in total. The lowest BCUT2D eigenvalue weighted by molar-refractivity contribution is -0.113. The summed E-state index contributed by atoms with van der Waals surface area (Å²) in [5, 5.41) is 3.89. The number of methoxy groups -OCH3 is 1. The normalized spacial score (nSPS) is 10.8. The zero-order chi connectivity index (χ0) is 22.7. The maximum atomic E-state index is 13.4. The number of carbonyl (C=O) groups excluding carboxylic acids is 1. The van der Waals surface area contributed by atoms with Crippen LogP contribution in [0.3, 0.4) is 0 Å². The standard InChI is InChI=1S/C25H23N3O3S/c1-16-7-6-8-17(2)23(16)28-24(30)20-9-4-5-10-21(20)27-25(28)32-15-22(29)26-18-11-13-19(31-3)14-12-18/h4-14H,15H2,1-3H3,(H,26,29). The molecule has 3 aromatic carbocycles. The van der Waals surface area contributed by atoms with Gasteiger partial charge in [0, 0.05) is 5.69 Å². The summed E-state index contributed by atoms with van der Waals surface area (Å²) in [4.78, 5) is 30.8. The molecule has 0 aliphatic heterocycles. The van der Waals surface area contributed by atoms with Gasteiger partial charge in [0.25, 0.3) is 5.56 Å². The number of thioether (sulfide) groups is 1. The number of benzene rings is 3. The van der Waals surface area contributed by atoms with Gasteiger partial charge in [-0.15, -0.1) is 0 Å². The van der Waals surface area contributed by atoms with E-state index in [0.717, 1.165) is 22.6 Å². The molecule has 0 unspecified atom stereocenters. The zero-order valence-corrected chi connectivity index (χ0v) is 18.9. The lowest BCUT2D eigenvalue weighted by Gasteiger charge is -2.17. The third-order valence-corrected chi connectivity index (χ3v) is 6.05. The van der Waals surface area contributed by atoms with E-state index in [-0.39, 0.29) is 17.2 Å². The molecule has 1 N–H and O–H groups in total. The van der Waals surface area contributed by atoms with Crippen LogP contribution in [0.5, 0.6) is 5.75 Å². The number of nitrogens with one attached hydrogen (secondary N) is 1. The Morgan fingerprint density at radius 3 is 2.38 bits per heavy atom. The molecule has 4 aromatic rings. The third kappa shape index (κ3) is 4.38. The number of amides is 1. The monoisotopic (exact) mass is 445 g/mol. The fourth-order valence-electron chi connectivity index (χ4n) is 3.57. The Morgan fingerprint density at radius 2 is 1.69 bits per heavy atom. The largest absolute Gasteiger partial charge is 0.497 e. The Morgan fingerprint density at radius 1 is 1.00 bits per heavy atom. The number of para-hydroxylation sites is 2. The third-order valence-electron chi connectivity index (χ3n) is 5.11. The maximum absolute atomic E-state index is 13.4. The van der Waals surface area contributed by atoms with Gasteiger partial charge in [0.05, 0.1) is 29.5 Å². The first-order valence-corrected chi connectivity index (χ1v) is 11.1. The van der Waals surface area contributed by atoms with Crippen molar-refractivity contribution < 1.29 is 9.53 Å². The van der Waals surface area contributed by atoms with Crippen molar-refractivity contribution in [1.29, 1.82) is 0 Å². The SMILES string of the molecule is COc1ccc(NC(=O)CSc2nc3ccccc3c(=O)n2-c2c(C)cccc2C)cc1. The van der Waals surface area contributed by atoms with Gasteiger partial charge in [0.1, 0.15) is 5.75 Å². The Kier molecular flexibility index (Phi) is 6.28. The Bertz CT molecular complexity index is 1330. The molecule has 0 radical (unpaired) electrons. The summed E-state index contributed by atoms with van der Waals surface area (Å²) in [5.41, 5.74) is 3.87. The molecule has 0 saturated carbocycles. The van der Waals surface area contributed by atoms with E-state index in [1.165, 1.54) is 11.8 Å². The number of fused-ring (bicyclic) bond motifs is 1. The number of aromatic nitrogens is 2. The second-order valence-electron chi connectivity index (χ2n) is 7.36. The van der Waals surface area contributed by atoms with E-state index in [4.69, 9.17) is 9.72 Å². The molecular formula is C25H23N3O3S. The molecule has 7 heteroatoms. The molecule has 0 saturated heterocycles. The molecule has 0 bridgehead atoms. The van der Waals surface area contributed by atoms with Crippen molar-refractivity contribution in [2.24, 2.45) is 0 Å². The van der Waals surface area contributed by atoms with Gasteiger partial charge in [0.15, 0.2) is 5.16 Å². The van der Waals surface area contributed by atoms with E-state index in [9.17, 15) is 9.59 Å². The van der Waals surface area contributed by atoms with E-state index in [1.807, 2.05) is 50.2 Å². The summed E-state index contributed by atoms with van der Waals surface area (Å²) in [6.07, 6.45) is 0. The van der Waals surface area contributed by atoms with Crippen molar-refractivity contribution >= 4 is 34.3 Å². The molecule has 32 heavy (non-hydrogen) atoms. The van der Waals surface area contributed by atoms with Crippen LogP contribution in [0.2, 0.25) is 0 Å². The molecule has 4 rings (SSSR count). The average molecular weight is 446 g/mol. The van der Waals surface area contributed by atoms with Crippen molar-refractivity contribution in [3.05, 3.63) is 88.2 Å². The second-order valence-corrected chi connectivity index (χ2v) is 8.30. The van der Waals surface area contributed by atoms with Crippen molar-refractivity contribution in [3.8, 4) is 11.4 Å². The van der Waals surface area contributed by atoms with Gasteiger partial charge in [-0.25, -0.2) is 4.98 Å². The minimum Gasteiger partial charge on any atom is -0.497 e. The predicted molar refractivity (Wildman–Crippen MR) is 129 cm³/mol. The van der Waals surface area contributed by atoms with E-state index in [2.05, 4.69) is 5.32 Å². The molecule has 0 spiro atoms. The predicted octanol–water partition coefficient (Wildman–Crippen LogP) is 4.74. The smallest absolute Gasteiger partial charge is 0.266 e. The summed E-state index contributed by atoms with van der Waals surface area (Å²) in [7, 11) is 1.59. The van der Waals surface area contributed by atoms with Crippen LogP contribution in [0, 0.1) is 13.8 Å². The van der Waals surface area contributed by atoms with Gasteiger partial charge in [-0.1, -0.05) is 42.1 Å². The molecule has 0 atom stereocenters. The molecule has 1 aromatic heterocycles. The van der Waals surface area contributed by atoms with Crippen LogP contribution in [0.25, 0.3) is 16.6 Å². The number of anilines is 1. The number of hydrogen-bond donors (Lipinski definition) is 1. The quantitative estimate of drug-likeness (QED) is 0.343. The zero-order valence-electron chi connectivity index (χ0n) is 18.1. The lowest BCUT2D eigenvalue weighted by Crippen LogP contribution is -2.24. The first kappa shape index (κ1) is 21.6. The number of carbonyl (C=O) groups is 1. The average Bonchev–Trinajstić information content (AvgIpc) is 2.79. The molecule has 1 amide bonds. The van der Waals surface area contributed by atoms with Crippen molar-refractivity contribution in [3.63, 3.8) is 0 Å². The fraction of sp³-hybridized carbons (Fsp3) is 0.160. The minimum atomic E-state index is -0.185. The summed E-state index contributed by atoms with van der Waals surface area (Å²) < 4.78 is 6.77. The molecule has 162 valence electrons. The topological polar surface area (TPSA) is 73.2 Å². The fourth-order valence-corrected chi connectivity index (χ4v) is 4.36. The Labute approximate surface area is 190 Å². The van der Waals surface area contributed by atoms with Crippen LogP contribution in [-0.4, -0.2) is 28.3 Å². The number of nitrogens with zero attached hydrogens (tertiary/aromatic N) is 2. The van der Waals surface area contributed by atoms with Gasteiger partial charge in [-0.3, -0.25) is 14.2 Å². The summed E-state index contributed by atoms with van der Waals surface area (Å²) in [6.45, 7) is 3.93. The van der Waals surface area contributed by atoms with Crippen LogP contribution in [0.4, 0.5) is 5.69 Å². The lowest BCUT2D eigenvalue weighted by atomic mass is 10.1. The molecule has 0 fully saturated rings. The van der Waals surface area contributed by atoms with Crippen molar-refractivity contribution in [1.82, 2.24) is 9.55 Å². The first-order valence-electron chi connectivity index (χ1n) is 10.1. The van der Waals surface area contributed by atoms with Gasteiger partial charge in [0.2, 0.25) is 5.91 Å². The summed E-state index contributed by atoms with van der Waals surface area (Å²) in [6, 6.07) is 20.3. The number of aryl methyl sites for hydroxylation is 2. The van der Waals surface area contributed by atoms with Gasteiger partial charge >= 0.3 is 0 Å². The molecule has 1 heterocycles. The first-order chi connectivity index (χ1) is 15.5. The van der Waals surface area contributed by atoms with E-state index < -0.39 is 0 Å². The highest BCUT2D eigenvalue weighted by molar-refractivity contribution is 7.99. The summed E-state index contributed by atoms with van der Waals surface area (Å²) in [5.74, 6) is 0.646. The van der Waals surface area contributed by atoms with Crippen molar-refractivity contribution in [2.75, 3.05) is 18.2 Å². The number of ether oxygens (including phenoxy) is 1. The van der Waals surface area contributed by atoms with Crippen LogP contribution >= 0.6 is 11.8 Å². The highest BCUT2D eigenvalue weighted by Crippen LogP contribution is 2.25. The molecule has 0 aliphatic carbocycles. The van der Waals surface area contributed by atoms with Crippen LogP contribution in [-0.2, 0) is 4.79 Å². The summed E-state index contributed by atoms with van der Waals surface area (Å²) >= 11 is 1.24. The number of hydrogen-bond acceptors (Lipinski definition) is 5. The van der Waals surface area contributed by atoms with Crippen LogP contribution in [0.1, 0.15) is 11.1 Å². The van der Waals surface area contributed by atoms with Crippen LogP contribution < -0.4 is 15.6 Å². The van der Waals surface area contributed by atoms with Gasteiger partial charge in [-0.05, 0) is 61.4 Å². The van der Waals surface area contributed by atoms with Crippen molar-refractivity contribution in [2.45, 2.75) is 19.0 Å². The minimum absolute atomic E-state index is 0.113. The van der Waals surface area contributed by atoms with E-state index >= 15 is 0 Å². The molecular weight excluding hydrogens is 422 g/mol. The highest BCUT2D eigenvalue weighted by atomic mass is 32.2. The molecule has 0 aliphatic rings. The highest BCUT2D eigenvalue weighted by Gasteiger charge is 2.17. The Hall–Kier alpha value is -3.58. The maximum Gasteiger partial charge on any atom is 0.266 e. The second kappa shape index (κ2) is 9.28.